The Morgan fingerprint density at radius 3 is 2.69 bits per heavy atom. The summed E-state index contributed by atoms with van der Waals surface area (Å²) in [5, 5.41) is 9.66. The van der Waals surface area contributed by atoms with Crippen molar-refractivity contribution in [1.82, 2.24) is 0 Å². The standard InChI is InChI=1S/C22H27NO6/c1-5-28-20(26)16-10-14-9-15-13(2)12-22(3,4)23(8-6-7-19(24)25)17(15)11-18(14)29-21(16)27/h9-11,13H,5-8,12H2,1-4H3,(H,24,25)/t13-/m0/s1. The molecule has 2 heterocycles. The van der Waals surface area contributed by atoms with Crippen LogP contribution in [0.15, 0.2) is 27.4 Å². The lowest BCUT2D eigenvalue weighted by Crippen LogP contribution is -2.48. The lowest BCUT2D eigenvalue weighted by Gasteiger charge is -2.47. The molecule has 0 aliphatic carbocycles. The number of hydrogen-bond acceptors (Lipinski definition) is 6. The fourth-order valence-corrected chi connectivity index (χ4v) is 4.26. The van der Waals surface area contributed by atoms with Gasteiger partial charge in [-0.25, -0.2) is 9.59 Å². The molecule has 0 radical (unpaired) electrons. The Morgan fingerprint density at radius 2 is 2.03 bits per heavy atom. The molecule has 1 N–H and O–H groups in total. The van der Waals surface area contributed by atoms with Crippen LogP contribution in [0.3, 0.4) is 0 Å². The Balaban J connectivity index is 2.09. The first-order chi connectivity index (χ1) is 13.6. The van der Waals surface area contributed by atoms with Gasteiger partial charge in [-0.15, -0.1) is 0 Å². The number of nitrogens with zero attached hydrogens (tertiary/aromatic N) is 1. The summed E-state index contributed by atoms with van der Waals surface area (Å²) in [6.07, 6.45) is 1.53. The number of carbonyl (C=O) groups excluding carboxylic acids is 1. The van der Waals surface area contributed by atoms with E-state index in [1.54, 1.807) is 6.92 Å². The molecule has 3 rings (SSSR count). The summed E-state index contributed by atoms with van der Waals surface area (Å²) in [5.74, 6) is -1.24. The molecule has 7 nitrogen and oxygen atoms in total. The fourth-order valence-electron chi connectivity index (χ4n) is 4.26. The highest BCUT2D eigenvalue weighted by Crippen LogP contribution is 2.44. The monoisotopic (exact) mass is 401 g/mol. The zero-order valence-corrected chi connectivity index (χ0v) is 17.3. The molecule has 1 aromatic heterocycles. The van der Waals surface area contributed by atoms with Crippen LogP contribution >= 0.6 is 0 Å². The van der Waals surface area contributed by atoms with Gasteiger partial charge >= 0.3 is 17.6 Å². The van der Waals surface area contributed by atoms with E-state index in [4.69, 9.17) is 14.3 Å². The van der Waals surface area contributed by atoms with Crippen LogP contribution in [0.25, 0.3) is 11.0 Å². The number of benzene rings is 1. The molecule has 1 atom stereocenters. The first-order valence-corrected chi connectivity index (χ1v) is 9.92. The van der Waals surface area contributed by atoms with Gasteiger partial charge in [-0.3, -0.25) is 4.79 Å². The summed E-state index contributed by atoms with van der Waals surface area (Å²) in [5.41, 5.74) is 1.44. The highest BCUT2D eigenvalue weighted by atomic mass is 16.5. The maximum Gasteiger partial charge on any atom is 0.351 e. The minimum absolute atomic E-state index is 0.100. The third-order valence-corrected chi connectivity index (χ3v) is 5.51. The van der Waals surface area contributed by atoms with Crippen molar-refractivity contribution in [2.24, 2.45) is 0 Å². The molecule has 1 aromatic carbocycles. The first kappa shape index (κ1) is 20.9. The van der Waals surface area contributed by atoms with Gasteiger partial charge in [-0.2, -0.15) is 0 Å². The van der Waals surface area contributed by atoms with E-state index in [2.05, 4.69) is 25.7 Å². The summed E-state index contributed by atoms with van der Waals surface area (Å²) in [4.78, 5) is 37.5. The largest absolute Gasteiger partial charge is 0.481 e. The number of fused-ring (bicyclic) bond motifs is 2. The average molecular weight is 401 g/mol. The lowest BCUT2D eigenvalue weighted by molar-refractivity contribution is -0.137. The number of carbonyl (C=O) groups is 2. The maximum absolute atomic E-state index is 12.3. The van der Waals surface area contributed by atoms with Gasteiger partial charge in [0, 0.05) is 35.6 Å². The second-order valence-corrected chi connectivity index (χ2v) is 8.18. The predicted octanol–water partition coefficient (Wildman–Crippen LogP) is 3.93. The third kappa shape index (κ3) is 4.13. The maximum atomic E-state index is 12.3. The van der Waals surface area contributed by atoms with Gasteiger partial charge in [0.25, 0.3) is 0 Å². The summed E-state index contributed by atoms with van der Waals surface area (Å²) >= 11 is 0. The zero-order chi connectivity index (χ0) is 21.3. The minimum atomic E-state index is -0.815. The van der Waals surface area contributed by atoms with Crippen molar-refractivity contribution in [2.75, 3.05) is 18.1 Å². The number of aliphatic carboxylic acids is 1. The summed E-state index contributed by atoms with van der Waals surface area (Å²) in [6.45, 7) is 8.87. The zero-order valence-electron chi connectivity index (χ0n) is 17.3. The van der Waals surface area contributed by atoms with E-state index < -0.39 is 17.6 Å². The first-order valence-electron chi connectivity index (χ1n) is 9.92. The highest BCUT2D eigenvalue weighted by molar-refractivity contribution is 5.94. The van der Waals surface area contributed by atoms with E-state index in [9.17, 15) is 14.4 Å². The Kier molecular flexibility index (Phi) is 5.68. The van der Waals surface area contributed by atoms with E-state index in [0.29, 0.717) is 23.9 Å². The van der Waals surface area contributed by atoms with Crippen LogP contribution in [0.2, 0.25) is 0 Å². The highest BCUT2D eigenvalue weighted by Gasteiger charge is 2.36. The van der Waals surface area contributed by atoms with E-state index in [1.807, 2.05) is 12.1 Å². The van der Waals surface area contributed by atoms with E-state index in [-0.39, 0.29) is 30.0 Å². The third-order valence-electron chi connectivity index (χ3n) is 5.51. The predicted molar refractivity (Wildman–Crippen MR) is 110 cm³/mol. The van der Waals surface area contributed by atoms with Gasteiger partial charge in [0.1, 0.15) is 11.1 Å². The molecule has 0 fully saturated rings. The fraction of sp³-hybridized carbons (Fsp3) is 0.500. The quantitative estimate of drug-likeness (QED) is 0.579. The SMILES string of the molecule is CCOC(=O)c1cc2cc3c(cc2oc1=O)N(CCCC(=O)O)C(C)(C)C[C@@H]3C. The van der Waals surface area contributed by atoms with Crippen molar-refractivity contribution in [3.05, 3.63) is 39.7 Å². The number of hydrogen-bond donors (Lipinski definition) is 1. The molecule has 2 aromatic rings. The van der Waals surface area contributed by atoms with Crippen molar-refractivity contribution in [2.45, 2.75) is 58.4 Å². The van der Waals surface area contributed by atoms with Crippen LogP contribution in [0.1, 0.15) is 68.8 Å². The smallest absolute Gasteiger partial charge is 0.351 e. The molecule has 1 aliphatic heterocycles. The number of rotatable bonds is 6. The number of esters is 1. The number of carboxylic acid groups (broad SMARTS) is 1. The number of ether oxygens (including phenoxy) is 1. The lowest BCUT2D eigenvalue weighted by atomic mass is 9.79. The Bertz CT molecular complexity index is 1010. The second-order valence-electron chi connectivity index (χ2n) is 8.18. The van der Waals surface area contributed by atoms with Gasteiger partial charge in [0.05, 0.1) is 6.61 Å². The Labute approximate surface area is 169 Å². The molecule has 0 bridgehead atoms. The summed E-state index contributed by atoms with van der Waals surface area (Å²) in [7, 11) is 0. The minimum Gasteiger partial charge on any atom is -0.481 e. The molecule has 0 unspecified atom stereocenters. The van der Waals surface area contributed by atoms with Gasteiger partial charge in [0.15, 0.2) is 0 Å². The van der Waals surface area contributed by atoms with Crippen LogP contribution in [0, 0.1) is 0 Å². The van der Waals surface area contributed by atoms with Crippen molar-refractivity contribution in [3.63, 3.8) is 0 Å². The topological polar surface area (TPSA) is 97.0 Å². The Morgan fingerprint density at radius 1 is 1.31 bits per heavy atom. The number of carboxylic acids is 1. The van der Waals surface area contributed by atoms with Gasteiger partial charge in [-0.1, -0.05) is 6.92 Å². The van der Waals surface area contributed by atoms with Crippen LogP contribution < -0.4 is 10.5 Å². The molecule has 0 saturated carbocycles. The molecular formula is C22H27NO6. The van der Waals surface area contributed by atoms with Crippen LogP contribution in [0.5, 0.6) is 0 Å². The van der Waals surface area contributed by atoms with Crippen molar-refractivity contribution >= 4 is 28.6 Å². The van der Waals surface area contributed by atoms with Crippen LogP contribution in [-0.2, 0) is 9.53 Å². The van der Waals surface area contributed by atoms with Crippen molar-refractivity contribution in [3.8, 4) is 0 Å². The average Bonchev–Trinajstić information content (AvgIpc) is 2.62. The molecule has 29 heavy (non-hydrogen) atoms. The second kappa shape index (κ2) is 7.89. The molecule has 156 valence electrons. The summed E-state index contributed by atoms with van der Waals surface area (Å²) in [6, 6.07) is 5.32. The van der Waals surface area contributed by atoms with E-state index in [1.165, 1.54) is 6.07 Å². The summed E-state index contributed by atoms with van der Waals surface area (Å²) < 4.78 is 10.4. The van der Waals surface area contributed by atoms with Gasteiger partial charge in [0.2, 0.25) is 0 Å². The van der Waals surface area contributed by atoms with Crippen molar-refractivity contribution < 1.29 is 23.8 Å². The molecule has 0 saturated heterocycles. The molecule has 0 amide bonds. The molecule has 0 spiro atoms. The molecule has 7 heteroatoms. The van der Waals surface area contributed by atoms with Gasteiger partial charge < -0.3 is 19.2 Å². The van der Waals surface area contributed by atoms with E-state index in [0.717, 1.165) is 17.7 Å². The van der Waals surface area contributed by atoms with Crippen LogP contribution in [0.4, 0.5) is 5.69 Å². The molecule has 1 aliphatic rings. The Hall–Kier alpha value is -2.83. The van der Waals surface area contributed by atoms with E-state index >= 15 is 0 Å². The van der Waals surface area contributed by atoms with Crippen molar-refractivity contribution in [1.29, 1.82) is 0 Å². The number of anilines is 1. The normalized spacial score (nSPS) is 17.8. The van der Waals surface area contributed by atoms with Gasteiger partial charge in [-0.05, 0) is 57.2 Å². The van der Waals surface area contributed by atoms with Crippen LogP contribution in [-0.4, -0.2) is 35.7 Å². The molecular weight excluding hydrogens is 374 g/mol.